The number of aromatic nitrogens is 1. The number of fused-ring (bicyclic) bond motifs is 1. The van der Waals surface area contributed by atoms with E-state index in [2.05, 4.69) is 39.2 Å². The molecule has 1 atom stereocenters. The maximum absolute atomic E-state index is 12.4. The third-order valence-corrected chi connectivity index (χ3v) is 6.07. The van der Waals surface area contributed by atoms with Crippen LogP contribution in [-0.2, 0) is 9.53 Å². The van der Waals surface area contributed by atoms with E-state index in [1.165, 1.54) is 10.9 Å². The molecule has 3 heterocycles. The summed E-state index contributed by atoms with van der Waals surface area (Å²) < 4.78 is 5.39. The molecule has 2 aliphatic rings. The molecule has 2 fully saturated rings. The van der Waals surface area contributed by atoms with Crippen molar-refractivity contribution in [3.8, 4) is 0 Å². The molecule has 0 spiro atoms. The van der Waals surface area contributed by atoms with Gasteiger partial charge in [0.25, 0.3) is 0 Å². The number of ether oxygens (including phenoxy) is 1. The van der Waals surface area contributed by atoms with Crippen molar-refractivity contribution in [3.05, 3.63) is 36.0 Å². The van der Waals surface area contributed by atoms with E-state index in [0.717, 1.165) is 51.3 Å². The van der Waals surface area contributed by atoms with Gasteiger partial charge in [0.1, 0.15) is 5.37 Å². The highest BCUT2D eigenvalue weighted by molar-refractivity contribution is 8.00. The normalized spacial score (nSPS) is 22.6. The molecule has 2 aliphatic heterocycles. The first-order valence-corrected chi connectivity index (χ1v) is 9.65. The Morgan fingerprint density at radius 1 is 1.21 bits per heavy atom. The number of morpholine rings is 1. The molecule has 0 aliphatic carbocycles. The van der Waals surface area contributed by atoms with Crippen LogP contribution in [0.3, 0.4) is 0 Å². The van der Waals surface area contributed by atoms with Gasteiger partial charge in [0.15, 0.2) is 0 Å². The third kappa shape index (κ3) is 3.18. The summed E-state index contributed by atoms with van der Waals surface area (Å²) in [6.45, 7) is 5.54. The van der Waals surface area contributed by atoms with Crippen LogP contribution in [0.15, 0.2) is 30.5 Å². The summed E-state index contributed by atoms with van der Waals surface area (Å²) in [7, 11) is 0. The number of benzene rings is 1. The molecule has 1 aromatic carbocycles. The van der Waals surface area contributed by atoms with E-state index in [1.54, 1.807) is 11.8 Å². The smallest absolute Gasteiger partial charge is 0.233 e. The van der Waals surface area contributed by atoms with E-state index in [-0.39, 0.29) is 11.3 Å². The van der Waals surface area contributed by atoms with Gasteiger partial charge in [-0.05, 0) is 12.5 Å². The minimum absolute atomic E-state index is 0.137. The molecule has 6 heteroatoms. The predicted octanol–water partition coefficient (Wildman–Crippen LogP) is 2.46. The van der Waals surface area contributed by atoms with Gasteiger partial charge in [-0.25, -0.2) is 0 Å². The highest BCUT2D eigenvalue weighted by Gasteiger charge is 2.33. The summed E-state index contributed by atoms with van der Waals surface area (Å²) in [6.07, 6.45) is 3.08. The lowest BCUT2D eigenvalue weighted by Crippen LogP contribution is -2.38. The molecule has 1 amide bonds. The average molecular weight is 345 g/mol. The molecule has 0 radical (unpaired) electrons. The number of H-pyrrole nitrogens is 1. The monoisotopic (exact) mass is 345 g/mol. The second kappa shape index (κ2) is 7.17. The first-order valence-electron chi connectivity index (χ1n) is 8.60. The first-order chi connectivity index (χ1) is 11.8. The Morgan fingerprint density at radius 3 is 2.92 bits per heavy atom. The van der Waals surface area contributed by atoms with E-state index >= 15 is 0 Å². The summed E-state index contributed by atoms with van der Waals surface area (Å²) in [5.74, 6) is 0.846. The SMILES string of the molecule is O=C1CSC(c2c[nH]c3ccccc23)N1CCCN1CCOCC1. The van der Waals surface area contributed by atoms with Gasteiger partial charge in [0, 0.05) is 48.8 Å². The number of rotatable bonds is 5. The van der Waals surface area contributed by atoms with Gasteiger partial charge in [-0.15, -0.1) is 11.8 Å². The minimum atomic E-state index is 0.137. The van der Waals surface area contributed by atoms with Gasteiger partial charge >= 0.3 is 0 Å². The summed E-state index contributed by atoms with van der Waals surface area (Å²) >= 11 is 1.74. The largest absolute Gasteiger partial charge is 0.379 e. The third-order valence-electron chi connectivity index (χ3n) is 4.83. The van der Waals surface area contributed by atoms with Gasteiger partial charge in [0.05, 0.1) is 19.0 Å². The molecule has 2 aromatic rings. The van der Waals surface area contributed by atoms with Crippen molar-refractivity contribution in [2.24, 2.45) is 0 Å². The zero-order valence-corrected chi connectivity index (χ0v) is 14.6. The molecule has 1 N–H and O–H groups in total. The fraction of sp³-hybridized carbons (Fsp3) is 0.500. The minimum Gasteiger partial charge on any atom is -0.379 e. The molecule has 128 valence electrons. The van der Waals surface area contributed by atoms with Gasteiger partial charge in [-0.1, -0.05) is 18.2 Å². The van der Waals surface area contributed by atoms with Crippen LogP contribution in [0.5, 0.6) is 0 Å². The van der Waals surface area contributed by atoms with Crippen molar-refractivity contribution in [1.29, 1.82) is 0 Å². The van der Waals surface area contributed by atoms with Crippen LogP contribution in [0.4, 0.5) is 0 Å². The number of para-hydroxylation sites is 1. The highest BCUT2D eigenvalue weighted by Crippen LogP contribution is 2.41. The van der Waals surface area contributed by atoms with Gasteiger partial charge in [-0.3, -0.25) is 9.69 Å². The topological polar surface area (TPSA) is 48.6 Å². The lowest BCUT2D eigenvalue weighted by molar-refractivity contribution is -0.128. The van der Waals surface area contributed by atoms with Crippen molar-refractivity contribution >= 4 is 28.6 Å². The zero-order valence-electron chi connectivity index (χ0n) is 13.7. The van der Waals surface area contributed by atoms with Gasteiger partial charge < -0.3 is 14.6 Å². The van der Waals surface area contributed by atoms with E-state index in [0.29, 0.717) is 5.75 Å². The molecular weight excluding hydrogens is 322 g/mol. The Balaban J connectivity index is 1.43. The van der Waals surface area contributed by atoms with Crippen LogP contribution >= 0.6 is 11.8 Å². The van der Waals surface area contributed by atoms with E-state index in [1.807, 2.05) is 6.07 Å². The molecule has 2 saturated heterocycles. The van der Waals surface area contributed by atoms with Crippen molar-refractivity contribution in [2.45, 2.75) is 11.8 Å². The number of hydrogen-bond donors (Lipinski definition) is 1. The van der Waals surface area contributed by atoms with Crippen LogP contribution in [0.1, 0.15) is 17.4 Å². The second-order valence-electron chi connectivity index (χ2n) is 6.35. The zero-order chi connectivity index (χ0) is 16.4. The van der Waals surface area contributed by atoms with Crippen LogP contribution in [-0.4, -0.2) is 65.8 Å². The lowest BCUT2D eigenvalue weighted by Gasteiger charge is -2.28. The van der Waals surface area contributed by atoms with Gasteiger partial charge in [-0.2, -0.15) is 0 Å². The summed E-state index contributed by atoms with van der Waals surface area (Å²) in [4.78, 5) is 20.2. The molecule has 5 nitrogen and oxygen atoms in total. The molecule has 0 saturated carbocycles. The predicted molar refractivity (Wildman–Crippen MR) is 97.1 cm³/mol. The highest BCUT2D eigenvalue weighted by atomic mass is 32.2. The summed E-state index contributed by atoms with van der Waals surface area (Å²) in [5, 5.41) is 1.36. The quantitative estimate of drug-likeness (QED) is 0.904. The second-order valence-corrected chi connectivity index (χ2v) is 7.42. The van der Waals surface area contributed by atoms with E-state index in [9.17, 15) is 4.79 Å². The number of aromatic amines is 1. The van der Waals surface area contributed by atoms with Crippen LogP contribution in [0.25, 0.3) is 10.9 Å². The number of nitrogens with one attached hydrogen (secondary N) is 1. The number of nitrogens with zero attached hydrogens (tertiary/aromatic N) is 2. The molecule has 1 aromatic heterocycles. The van der Waals surface area contributed by atoms with Crippen molar-refractivity contribution in [2.75, 3.05) is 45.1 Å². The Hall–Kier alpha value is -1.50. The molecule has 24 heavy (non-hydrogen) atoms. The Bertz CT molecular complexity index is 711. The number of amides is 1. The molecule has 4 rings (SSSR count). The standard InChI is InChI=1S/C18H23N3O2S/c22-17-13-24-18(15-12-19-16-5-2-1-4-14(15)16)21(17)7-3-6-20-8-10-23-11-9-20/h1-2,4-5,12,18-19H,3,6-11,13H2. The molecule has 1 unspecified atom stereocenters. The molecule has 0 bridgehead atoms. The lowest BCUT2D eigenvalue weighted by atomic mass is 10.1. The van der Waals surface area contributed by atoms with Crippen molar-refractivity contribution in [3.63, 3.8) is 0 Å². The fourth-order valence-electron chi connectivity index (χ4n) is 3.54. The van der Waals surface area contributed by atoms with Crippen molar-refractivity contribution in [1.82, 2.24) is 14.8 Å². The fourth-order valence-corrected chi connectivity index (χ4v) is 4.78. The van der Waals surface area contributed by atoms with E-state index in [4.69, 9.17) is 4.74 Å². The number of carbonyl (C=O) groups is 1. The summed E-state index contributed by atoms with van der Waals surface area (Å²) in [6, 6.07) is 8.32. The Kier molecular flexibility index (Phi) is 4.78. The van der Waals surface area contributed by atoms with Crippen LogP contribution < -0.4 is 0 Å². The number of carbonyl (C=O) groups excluding carboxylic acids is 1. The average Bonchev–Trinajstić information content (AvgIpc) is 3.20. The first kappa shape index (κ1) is 16.0. The number of hydrogen-bond acceptors (Lipinski definition) is 4. The van der Waals surface area contributed by atoms with Gasteiger partial charge in [0.2, 0.25) is 5.91 Å². The van der Waals surface area contributed by atoms with Crippen LogP contribution in [0.2, 0.25) is 0 Å². The number of thioether (sulfide) groups is 1. The summed E-state index contributed by atoms with van der Waals surface area (Å²) in [5.41, 5.74) is 2.37. The van der Waals surface area contributed by atoms with E-state index < -0.39 is 0 Å². The Labute approximate surface area is 146 Å². The molecular formula is C18H23N3O2S. The maximum atomic E-state index is 12.4. The van der Waals surface area contributed by atoms with Crippen molar-refractivity contribution < 1.29 is 9.53 Å². The Morgan fingerprint density at radius 2 is 2.04 bits per heavy atom. The maximum Gasteiger partial charge on any atom is 0.233 e. The van der Waals surface area contributed by atoms with Crippen LogP contribution in [0, 0.1) is 0 Å².